The summed E-state index contributed by atoms with van der Waals surface area (Å²) < 4.78 is 19.5. The maximum atomic E-state index is 13.2. The van der Waals surface area contributed by atoms with Gasteiger partial charge in [-0.15, -0.1) is 5.10 Å². The van der Waals surface area contributed by atoms with Gasteiger partial charge in [-0.3, -0.25) is 15.1 Å². The van der Waals surface area contributed by atoms with Gasteiger partial charge < -0.3 is 14.2 Å². The number of rotatable bonds is 12. The molecule has 3 heterocycles. The molecule has 0 spiro atoms. The molecular formula is C29H36N6O4SSi. The minimum Gasteiger partial charge on any atom is -0.496 e. The van der Waals surface area contributed by atoms with Crippen LogP contribution in [0.25, 0.3) is 11.1 Å². The Kier molecular flexibility index (Phi) is 9.11. The van der Waals surface area contributed by atoms with Crippen LogP contribution in [0.15, 0.2) is 48.9 Å². The van der Waals surface area contributed by atoms with E-state index in [1.165, 1.54) is 22.6 Å². The maximum Gasteiger partial charge on any atom is 0.295 e. The highest BCUT2D eigenvalue weighted by atomic mass is 32.1. The number of carbonyl (C=O) groups is 1. The van der Waals surface area contributed by atoms with E-state index in [0.717, 1.165) is 37.5 Å². The number of hydrogen-bond acceptors (Lipinski definition) is 9. The molecule has 216 valence electrons. The molecule has 1 atom stereocenters. The van der Waals surface area contributed by atoms with Gasteiger partial charge in [0.2, 0.25) is 5.13 Å². The van der Waals surface area contributed by atoms with Crippen LogP contribution in [0, 0.1) is 0 Å². The van der Waals surface area contributed by atoms with Crippen LogP contribution < -0.4 is 14.8 Å². The fourth-order valence-corrected chi connectivity index (χ4v) is 6.21. The first-order valence-electron chi connectivity index (χ1n) is 13.8. The molecule has 1 N–H and O–H groups in total. The summed E-state index contributed by atoms with van der Waals surface area (Å²) in [6.45, 7) is 8.79. The molecule has 10 nitrogen and oxygen atoms in total. The Morgan fingerprint density at radius 1 is 1.15 bits per heavy atom. The van der Waals surface area contributed by atoms with Gasteiger partial charge in [0.1, 0.15) is 12.5 Å². The summed E-state index contributed by atoms with van der Waals surface area (Å²) in [5.74, 6) is 0.566. The molecule has 1 aliphatic carbocycles. The average molecular weight is 593 g/mol. The van der Waals surface area contributed by atoms with E-state index in [1.807, 2.05) is 35.1 Å². The highest BCUT2D eigenvalue weighted by molar-refractivity contribution is 7.17. The van der Waals surface area contributed by atoms with Crippen molar-refractivity contribution in [2.24, 2.45) is 0 Å². The fraction of sp³-hybridized carbons (Fsp3) is 0.414. The van der Waals surface area contributed by atoms with Gasteiger partial charge in [-0.25, -0.2) is 4.68 Å². The first-order valence-corrected chi connectivity index (χ1v) is 18.3. The molecule has 3 aromatic heterocycles. The summed E-state index contributed by atoms with van der Waals surface area (Å²) in [5, 5.41) is 16.5. The zero-order valence-electron chi connectivity index (χ0n) is 23.9. The van der Waals surface area contributed by atoms with Crippen molar-refractivity contribution in [2.45, 2.75) is 57.6 Å². The molecule has 0 aliphatic heterocycles. The zero-order chi connectivity index (χ0) is 28.8. The van der Waals surface area contributed by atoms with E-state index in [9.17, 15) is 4.79 Å². The summed E-state index contributed by atoms with van der Waals surface area (Å²) in [5.41, 5.74) is 4.34. The maximum absolute atomic E-state index is 13.2. The van der Waals surface area contributed by atoms with Crippen LogP contribution in [0.2, 0.25) is 25.7 Å². The lowest BCUT2D eigenvalue weighted by molar-refractivity contribution is 0.0760. The Bertz CT molecular complexity index is 1480. The largest absolute Gasteiger partial charge is 0.496 e. The number of nitrogens with zero attached hydrogens (tertiary/aromatic N) is 5. The number of pyridine rings is 1. The first-order chi connectivity index (χ1) is 19.8. The molecule has 41 heavy (non-hydrogen) atoms. The molecule has 1 aromatic carbocycles. The number of aromatic nitrogens is 5. The molecule has 0 saturated heterocycles. The lowest BCUT2D eigenvalue weighted by Gasteiger charge is -2.23. The summed E-state index contributed by atoms with van der Waals surface area (Å²) in [4.78, 5) is 17.4. The number of anilines is 1. The Balaban J connectivity index is 1.19. The highest BCUT2D eigenvalue weighted by Gasteiger charge is 2.26. The predicted octanol–water partition coefficient (Wildman–Crippen LogP) is 5.87. The van der Waals surface area contributed by atoms with Crippen LogP contribution >= 0.6 is 11.3 Å². The summed E-state index contributed by atoms with van der Waals surface area (Å²) in [6, 6.07) is 10.3. The van der Waals surface area contributed by atoms with E-state index in [-0.39, 0.29) is 11.8 Å². The Morgan fingerprint density at radius 3 is 2.83 bits per heavy atom. The highest BCUT2D eigenvalue weighted by Crippen LogP contribution is 2.34. The topological polar surface area (TPSA) is 113 Å². The summed E-state index contributed by atoms with van der Waals surface area (Å²) >= 11 is 1.20. The van der Waals surface area contributed by atoms with Crippen molar-refractivity contribution < 1.29 is 19.0 Å². The number of methoxy groups -OCH3 is 1. The van der Waals surface area contributed by atoms with Gasteiger partial charge >= 0.3 is 0 Å². The number of fused-ring (bicyclic) bond motifs is 1. The lowest BCUT2D eigenvalue weighted by atomic mass is 9.88. The number of amides is 1. The van der Waals surface area contributed by atoms with Gasteiger partial charge in [0.05, 0.1) is 25.5 Å². The Hall–Kier alpha value is -3.61. The molecule has 0 saturated carbocycles. The monoisotopic (exact) mass is 592 g/mol. The quantitative estimate of drug-likeness (QED) is 0.161. The van der Waals surface area contributed by atoms with Gasteiger partial charge in [-0.1, -0.05) is 42.9 Å². The van der Waals surface area contributed by atoms with Gasteiger partial charge in [0.25, 0.3) is 11.1 Å². The number of carbonyl (C=O) groups excluding carboxylic acids is 1. The van der Waals surface area contributed by atoms with Crippen molar-refractivity contribution in [3.63, 3.8) is 0 Å². The molecular weight excluding hydrogens is 557 g/mol. The second-order valence-electron chi connectivity index (χ2n) is 11.2. The van der Waals surface area contributed by atoms with Crippen LogP contribution in [0.5, 0.6) is 10.9 Å². The number of benzene rings is 1. The Labute approximate surface area is 245 Å². The number of para-hydroxylation sites is 1. The van der Waals surface area contributed by atoms with Crippen LogP contribution in [0.4, 0.5) is 5.13 Å². The van der Waals surface area contributed by atoms with Crippen LogP contribution in [-0.2, 0) is 17.9 Å². The second kappa shape index (κ2) is 12.9. The van der Waals surface area contributed by atoms with Crippen molar-refractivity contribution in [2.75, 3.05) is 25.6 Å². The summed E-state index contributed by atoms with van der Waals surface area (Å²) in [6.07, 6.45) is 8.27. The van der Waals surface area contributed by atoms with Crippen molar-refractivity contribution in [1.82, 2.24) is 25.0 Å². The van der Waals surface area contributed by atoms with Crippen molar-refractivity contribution >= 4 is 30.4 Å². The zero-order valence-corrected chi connectivity index (χ0v) is 25.7. The molecule has 12 heteroatoms. The van der Waals surface area contributed by atoms with Crippen molar-refractivity contribution in [3.05, 3.63) is 65.7 Å². The van der Waals surface area contributed by atoms with E-state index in [2.05, 4.69) is 45.2 Å². The van der Waals surface area contributed by atoms with Gasteiger partial charge in [0, 0.05) is 49.8 Å². The third-order valence-electron chi connectivity index (χ3n) is 7.09. The Morgan fingerprint density at radius 2 is 2.00 bits per heavy atom. The number of ether oxygens (including phenoxy) is 3. The normalized spacial score (nSPS) is 14.9. The molecule has 0 radical (unpaired) electrons. The average Bonchev–Trinajstić information content (AvgIpc) is 3.60. The van der Waals surface area contributed by atoms with Crippen LogP contribution in [0.1, 0.15) is 40.4 Å². The van der Waals surface area contributed by atoms with Gasteiger partial charge in [0.15, 0.2) is 0 Å². The van der Waals surface area contributed by atoms with Crippen molar-refractivity contribution in [1.29, 1.82) is 0 Å². The van der Waals surface area contributed by atoms with E-state index < -0.39 is 8.07 Å². The van der Waals surface area contributed by atoms with E-state index >= 15 is 0 Å². The molecule has 4 aromatic rings. The SMILES string of the molecule is COc1ccccc1-c1cnccc1C(=O)Nc1nnc(OCC2CCCc3c2cnn3COCC[Si](C)(C)C)s1. The second-order valence-corrected chi connectivity index (χ2v) is 17.8. The molecule has 0 fully saturated rings. The lowest BCUT2D eigenvalue weighted by Crippen LogP contribution is -2.22. The molecule has 0 bridgehead atoms. The number of nitrogens with one attached hydrogen (secondary N) is 1. The molecule has 1 amide bonds. The fourth-order valence-electron chi connectivity index (χ4n) is 4.85. The third-order valence-corrected chi connectivity index (χ3v) is 9.55. The van der Waals surface area contributed by atoms with Crippen LogP contribution in [0.3, 0.4) is 0 Å². The van der Waals surface area contributed by atoms with E-state index in [4.69, 9.17) is 14.2 Å². The molecule has 1 unspecified atom stereocenters. The van der Waals surface area contributed by atoms with E-state index in [1.54, 1.807) is 25.6 Å². The van der Waals surface area contributed by atoms with Gasteiger partial charge in [-0.05, 0) is 54.3 Å². The minimum atomic E-state index is -1.12. The van der Waals surface area contributed by atoms with Gasteiger partial charge in [-0.2, -0.15) is 5.10 Å². The third kappa shape index (κ3) is 7.18. The number of hydrogen-bond donors (Lipinski definition) is 1. The van der Waals surface area contributed by atoms with Crippen LogP contribution in [-0.4, -0.2) is 59.3 Å². The predicted molar refractivity (Wildman–Crippen MR) is 162 cm³/mol. The standard InChI is InChI=1S/C29H36N6O4SSi/c1-37-26-11-6-5-9-21(26)24-16-30-13-12-22(24)27(36)32-28-33-34-29(40-28)39-18-20-8-7-10-25-23(20)17-31-35(25)19-38-14-15-41(2,3)4/h5-6,9,11-13,16-17,20H,7-8,10,14-15,18-19H2,1-4H3,(H,32,33,36). The van der Waals surface area contributed by atoms with Crippen molar-refractivity contribution in [3.8, 4) is 22.1 Å². The summed E-state index contributed by atoms with van der Waals surface area (Å²) in [7, 11) is 0.481. The first kappa shape index (κ1) is 28.9. The molecule has 1 aliphatic rings. The van der Waals surface area contributed by atoms with E-state index in [0.29, 0.717) is 40.5 Å². The molecule has 5 rings (SSSR count). The smallest absolute Gasteiger partial charge is 0.295 e. The minimum absolute atomic E-state index is 0.219.